The first-order valence-corrected chi connectivity index (χ1v) is 8.77. The average Bonchev–Trinajstić information content (AvgIpc) is 2.92. The summed E-state index contributed by atoms with van der Waals surface area (Å²) in [5, 5.41) is 0. The van der Waals surface area contributed by atoms with Gasteiger partial charge in [0.25, 0.3) is 0 Å². The molecular weight excluding hydrogens is 350 g/mol. The number of hydrogen-bond donors (Lipinski definition) is 0. The van der Waals surface area contributed by atoms with E-state index in [1.54, 1.807) is 18.5 Å². The van der Waals surface area contributed by atoms with E-state index < -0.39 is 0 Å². The maximum atomic E-state index is 5.69. The Balaban J connectivity index is 1.49. The van der Waals surface area contributed by atoms with Crippen LogP contribution in [-0.2, 0) is 6.54 Å². The molecule has 0 bridgehead atoms. The molecule has 0 aliphatic carbocycles. The van der Waals surface area contributed by atoms with Gasteiger partial charge in [0.15, 0.2) is 0 Å². The van der Waals surface area contributed by atoms with Crippen LogP contribution in [-0.4, -0.2) is 34.6 Å². The van der Waals surface area contributed by atoms with Crippen LogP contribution in [0, 0.1) is 5.92 Å². The summed E-state index contributed by atoms with van der Waals surface area (Å²) in [5.74, 6) is 0.561. The highest BCUT2D eigenvalue weighted by atomic mass is 79.9. The van der Waals surface area contributed by atoms with E-state index in [4.69, 9.17) is 4.74 Å². The van der Waals surface area contributed by atoms with Crippen molar-refractivity contribution in [3.8, 4) is 6.01 Å². The van der Waals surface area contributed by atoms with Crippen molar-refractivity contribution in [1.29, 1.82) is 0 Å². The normalized spacial score (nSPS) is 19.6. The third-order valence-electron chi connectivity index (χ3n) is 3.60. The summed E-state index contributed by atoms with van der Waals surface area (Å²) in [6, 6.07) is 6.61. The van der Waals surface area contributed by atoms with Gasteiger partial charge >= 0.3 is 6.01 Å². The van der Waals surface area contributed by atoms with Gasteiger partial charge in [-0.2, -0.15) is 0 Å². The highest BCUT2D eigenvalue weighted by molar-refractivity contribution is 9.11. The second-order valence-corrected chi connectivity index (χ2v) is 7.84. The number of aromatic nitrogens is 2. The summed E-state index contributed by atoms with van der Waals surface area (Å²) in [4.78, 5) is 12.1. The van der Waals surface area contributed by atoms with E-state index in [1.165, 1.54) is 28.0 Å². The van der Waals surface area contributed by atoms with Gasteiger partial charge in [0.2, 0.25) is 0 Å². The van der Waals surface area contributed by atoms with Gasteiger partial charge in [0.1, 0.15) is 0 Å². The molecule has 1 aliphatic rings. The van der Waals surface area contributed by atoms with Crippen molar-refractivity contribution in [1.82, 2.24) is 14.9 Å². The van der Waals surface area contributed by atoms with Crippen molar-refractivity contribution < 1.29 is 4.74 Å². The number of ether oxygens (including phenoxy) is 1. The average molecular weight is 368 g/mol. The Kier molecular flexibility index (Phi) is 5.22. The fourth-order valence-electron chi connectivity index (χ4n) is 2.64. The quantitative estimate of drug-likeness (QED) is 0.809. The Morgan fingerprint density at radius 3 is 2.95 bits per heavy atom. The zero-order valence-electron chi connectivity index (χ0n) is 11.7. The SMILES string of the molecule is Brc1ccc(CN2CCCC(COc3ncccn3)C2)s1. The van der Waals surface area contributed by atoms with Crippen LogP contribution in [0.4, 0.5) is 0 Å². The third kappa shape index (κ3) is 4.49. The lowest BCUT2D eigenvalue weighted by atomic mass is 9.99. The summed E-state index contributed by atoms with van der Waals surface area (Å²) < 4.78 is 6.90. The van der Waals surface area contributed by atoms with Crippen LogP contribution in [0.15, 0.2) is 34.4 Å². The van der Waals surface area contributed by atoms with Gasteiger partial charge in [-0.1, -0.05) is 0 Å². The Hall–Kier alpha value is -0.980. The van der Waals surface area contributed by atoms with Crippen LogP contribution < -0.4 is 4.74 Å². The minimum absolute atomic E-state index is 0.483. The topological polar surface area (TPSA) is 38.2 Å². The van der Waals surface area contributed by atoms with E-state index in [2.05, 4.69) is 42.9 Å². The maximum absolute atomic E-state index is 5.69. The van der Waals surface area contributed by atoms with Crippen LogP contribution in [0.25, 0.3) is 0 Å². The standard InChI is InChI=1S/C15H18BrN3OS/c16-14-5-4-13(21-14)10-19-8-1-3-12(9-19)11-20-15-17-6-2-7-18-15/h2,4-7,12H,1,3,8-11H2. The number of piperidine rings is 1. The summed E-state index contributed by atoms with van der Waals surface area (Å²) in [7, 11) is 0. The second-order valence-electron chi connectivity index (χ2n) is 5.29. The Labute approximate surface area is 137 Å². The van der Waals surface area contributed by atoms with Gasteiger partial charge in [-0.25, -0.2) is 9.97 Å². The van der Waals surface area contributed by atoms with Crippen molar-refractivity contribution in [2.24, 2.45) is 5.92 Å². The first kappa shape index (κ1) is 14.9. The minimum atomic E-state index is 0.483. The fraction of sp³-hybridized carbons (Fsp3) is 0.467. The number of rotatable bonds is 5. The summed E-state index contributed by atoms with van der Waals surface area (Å²) >= 11 is 5.34. The van der Waals surface area contributed by atoms with E-state index in [9.17, 15) is 0 Å². The predicted octanol–water partition coefficient (Wildman–Crippen LogP) is 3.59. The van der Waals surface area contributed by atoms with E-state index in [-0.39, 0.29) is 0 Å². The maximum Gasteiger partial charge on any atom is 0.316 e. The van der Waals surface area contributed by atoms with Gasteiger partial charge < -0.3 is 4.74 Å². The monoisotopic (exact) mass is 367 g/mol. The molecule has 21 heavy (non-hydrogen) atoms. The van der Waals surface area contributed by atoms with Crippen molar-refractivity contribution in [2.45, 2.75) is 19.4 Å². The molecule has 3 rings (SSSR count). The largest absolute Gasteiger partial charge is 0.463 e. The van der Waals surface area contributed by atoms with Crippen molar-refractivity contribution in [2.75, 3.05) is 19.7 Å². The first-order chi connectivity index (χ1) is 10.3. The molecule has 0 aromatic carbocycles. The Morgan fingerprint density at radius 2 is 2.19 bits per heavy atom. The van der Waals surface area contributed by atoms with Crippen LogP contribution >= 0.6 is 27.3 Å². The molecule has 1 atom stereocenters. The number of likely N-dealkylation sites (tertiary alicyclic amines) is 1. The van der Waals surface area contributed by atoms with Gasteiger partial charge in [-0.3, -0.25) is 4.90 Å². The molecule has 0 N–H and O–H groups in total. The van der Waals surface area contributed by atoms with Crippen LogP contribution in [0.5, 0.6) is 6.01 Å². The van der Waals surface area contributed by atoms with Gasteiger partial charge in [0.05, 0.1) is 10.4 Å². The van der Waals surface area contributed by atoms with Gasteiger partial charge in [-0.15, -0.1) is 11.3 Å². The van der Waals surface area contributed by atoms with E-state index in [0.29, 0.717) is 18.5 Å². The first-order valence-electron chi connectivity index (χ1n) is 7.16. The molecule has 2 aromatic rings. The smallest absolute Gasteiger partial charge is 0.316 e. The minimum Gasteiger partial charge on any atom is -0.463 e. The summed E-state index contributed by atoms with van der Waals surface area (Å²) in [5.41, 5.74) is 0. The summed E-state index contributed by atoms with van der Waals surface area (Å²) in [6.07, 6.45) is 5.88. The Morgan fingerprint density at radius 1 is 1.33 bits per heavy atom. The molecule has 6 heteroatoms. The van der Waals surface area contributed by atoms with E-state index >= 15 is 0 Å². The van der Waals surface area contributed by atoms with Crippen LogP contribution in [0.2, 0.25) is 0 Å². The molecule has 1 fully saturated rings. The number of halogens is 1. The molecule has 0 saturated carbocycles. The molecule has 0 spiro atoms. The fourth-order valence-corrected chi connectivity index (χ4v) is 4.17. The van der Waals surface area contributed by atoms with Gasteiger partial charge in [-0.05, 0) is 53.5 Å². The number of nitrogens with zero attached hydrogens (tertiary/aromatic N) is 3. The predicted molar refractivity (Wildman–Crippen MR) is 87.5 cm³/mol. The van der Waals surface area contributed by atoms with Crippen LogP contribution in [0.1, 0.15) is 17.7 Å². The number of hydrogen-bond acceptors (Lipinski definition) is 5. The van der Waals surface area contributed by atoms with Crippen molar-refractivity contribution >= 4 is 27.3 Å². The van der Waals surface area contributed by atoms with E-state index in [1.807, 2.05) is 11.3 Å². The molecule has 4 nitrogen and oxygen atoms in total. The molecule has 3 heterocycles. The molecule has 1 unspecified atom stereocenters. The number of thiophene rings is 1. The van der Waals surface area contributed by atoms with Crippen molar-refractivity contribution in [3.63, 3.8) is 0 Å². The molecule has 2 aromatic heterocycles. The van der Waals surface area contributed by atoms with E-state index in [0.717, 1.165) is 13.1 Å². The van der Waals surface area contributed by atoms with Crippen LogP contribution in [0.3, 0.4) is 0 Å². The molecule has 1 aliphatic heterocycles. The molecule has 1 saturated heterocycles. The van der Waals surface area contributed by atoms with Crippen molar-refractivity contribution in [3.05, 3.63) is 39.3 Å². The lowest BCUT2D eigenvalue weighted by Crippen LogP contribution is -2.37. The molecular formula is C15H18BrN3OS. The third-order valence-corrected chi connectivity index (χ3v) is 5.21. The summed E-state index contributed by atoms with van der Waals surface area (Å²) in [6.45, 7) is 4.00. The highest BCUT2D eigenvalue weighted by Gasteiger charge is 2.21. The second kappa shape index (κ2) is 7.33. The molecule has 112 valence electrons. The highest BCUT2D eigenvalue weighted by Crippen LogP contribution is 2.25. The molecule has 0 radical (unpaired) electrons. The lowest BCUT2D eigenvalue weighted by Gasteiger charge is -2.32. The van der Waals surface area contributed by atoms with Gasteiger partial charge in [0, 0.05) is 36.3 Å². The molecule has 0 amide bonds. The lowest BCUT2D eigenvalue weighted by molar-refractivity contribution is 0.121. The zero-order chi connectivity index (χ0) is 14.5. The Bertz CT molecular complexity index is 563. The zero-order valence-corrected chi connectivity index (χ0v) is 14.1.